The van der Waals surface area contributed by atoms with Crippen LogP contribution in [-0.2, 0) is 9.84 Å². The molecule has 0 heterocycles. The zero-order valence-electron chi connectivity index (χ0n) is 15.9. The van der Waals surface area contributed by atoms with E-state index in [1.807, 2.05) is 0 Å². The highest BCUT2D eigenvalue weighted by Gasteiger charge is 2.23. The lowest BCUT2D eigenvalue weighted by Crippen LogP contribution is -2.47. The highest BCUT2D eigenvalue weighted by molar-refractivity contribution is 14.0. The van der Waals surface area contributed by atoms with E-state index in [-0.39, 0.29) is 35.1 Å². The largest absolute Gasteiger partial charge is 0.356 e. The zero-order valence-corrected chi connectivity index (χ0v) is 19.0. The van der Waals surface area contributed by atoms with Crippen molar-refractivity contribution in [2.45, 2.75) is 65.3 Å². The third-order valence-corrected chi connectivity index (χ3v) is 5.82. The highest BCUT2D eigenvalue weighted by Crippen LogP contribution is 2.26. The minimum Gasteiger partial charge on any atom is -0.356 e. The molecular weight excluding hydrogens is 437 g/mol. The van der Waals surface area contributed by atoms with Gasteiger partial charge in [0.2, 0.25) is 0 Å². The number of hydrogen-bond donors (Lipinski definition) is 2. The maximum absolute atomic E-state index is 11.3. The highest BCUT2D eigenvalue weighted by atomic mass is 127. The molecule has 1 aliphatic carbocycles. The fourth-order valence-corrected chi connectivity index (χ4v) is 3.90. The predicted molar refractivity (Wildman–Crippen MR) is 114 cm³/mol. The number of aliphatic imine (C=N–C) groups is 1. The van der Waals surface area contributed by atoms with E-state index in [1.54, 1.807) is 7.05 Å². The van der Waals surface area contributed by atoms with E-state index in [2.05, 4.69) is 36.4 Å². The first-order chi connectivity index (χ1) is 10.6. The average Bonchev–Trinajstić information content (AvgIpc) is 2.49. The van der Waals surface area contributed by atoms with Gasteiger partial charge in [0.1, 0.15) is 9.84 Å². The topological polar surface area (TPSA) is 70.6 Å². The van der Waals surface area contributed by atoms with Gasteiger partial charge in [-0.3, -0.25) is 4.99 Å². The Morgan fingerprint density at radius 3 is 2.25 bits per heavy atom. The molecule has 1 rings (SSSR count). The summed E-state index contributed by atoms with van der Waals surface area (Å²) < 4.78 is 22.7. The minimum absolute atomic E-state index is 0. The van der Waals surface area contributed by atoms with Crippen LogP contribution in [0.1, 0.15) is 59.3 Å². The second-order valence-corrected chi connectivity index (χ2v) is 10.00. The van der Waals surface area contributed by atoms with Crippen molar-refractivity contribution in [3.8, 4) is 0 Å². The van der Waals surface area contributed by atoms with Crippen molar-refractivity contribution in [3.63, 3.8) is 0 Å². The third-order valence-electron chi connectivity index (χ3n) is 4.87. The summed E-state index contributed by atoms with van der Waals surface area (Å²) in [4.78, 5) is 4.31. The third kappa shape index (κ3) is 10.1. The van der Waals surface area contributed by atoms with Gasteiger partial charge in [-0.2, -0.15) is 0 Å². The first-order valence-corrected chi connectivity index (χ1v) is 10.9. The SMILES string of the molecule is CCC1CCC(NC(=NC)NCC(C)(C)CCS(C)(=O)=O)CC1.I. The van der Waals surface area contributed by atoms with Gasteiger partial charge in [-0.1, -0.05) is 27.2 Å². The number of halogens is 1. The van der Waals surface area contributed by atoms with Gasteiger partial charge in [-0.15, -0.1) is 24.0 Å². The predicted octanol–water partition coefficient (Wildman–Crippen LogP) is 3.20. The van der Waals surface area contributed by atoms with Crippen molar-refractivity contribution in [2.24, 2.45) is 16.3 Å². The van der Waals surface area contributed by atoms with Crippen molar-refractivity contribution in [3.05, 3.63) is 0 Å². The molecule has 0 spiro atoms. The lowest BCUT2D eigenvalue weighted by molar-refractivity contribution is 0.301. The Hall–Kier alpha value is -0.0500. The molecule has 144 valence electrons. The van der Waals surface area contributed by atoms with Gasteiger partial charge < -0.3 is 10.6 Å². The molecule has 0 amide bonds. The zero-order chi connectivity index (χ0) is 17.5. The van der Waals surface area contributed by atoms with Crippen molar-refractivity contribution in [1.29, 1.82) is 0 Å². The van der Waals surface area contributed by atoms with Gasteiger partial charge in [-0.25, -0.2) is 8.42 Å². The van der Waals surface area contributed by atoms with Crippen molar-refractivity contribution < 1.29 is 8.42 Å². The van der Waals surface area contributed by atoms with Gasteiger partial charge in [0.25, 0.3) is 0 Å². The van der Waals surface area contributed by atoms with Crippen LogP contribution in [0.3, 0.4) is 0 Å². The maximum Gasteiger partial charge on any atom is 0.191 e. The van der Waals surface area contributed by atoms with E-state index in [4.69, 9.17) is 0 Å². The number of guanidine groups is 1. The fraction of sp³-hybridized carbons (Fsp3) is 0.941. The molecule has 5 nitrogen and oxygen atoms in total. The second-order valence-electron chi connectivity index (χ2n) is 7.74. The summed E-state index contributed by atoms with van der Waals surface area (Å²) in [5.41, 5.74) is -0.0828. The molecule has 0 saturated heterocycles. The number of sulfone groups is 1. The number of hydrogen-bond acceptors (Lipinski definition) is 3. The molecule has 0 aromatic rings. The Balaban J connectivity index is 0.00000529. The lowest BCUT2D eigenvalue weighted by atomic mass is 9.84. The molecule has 0 atom stereocenters. The molecule has 24 heavy (non-hydrogen) atoms. The van der Waals surface area contributed by atoms with Crippen LogP contribution in [0.5, 0.6) is 0 Å². The van der Waals surface area contributed by atoms with Crippen molar-refractivity contribution in [1.82, 2.24) is 10.6 Å². The van der Waals surface area contributed by atoms with Crippen LogP contribution in [0, 0.1) is 11.3 Å². The molecular formula is C17H36IN3O2S. The van der Waals surface area contributed by atoms with Crippen LogP contribution in [0.15, 0.2) is 4.99 Å². The molecule has 0 radical (unpaired) electrons. The number of rotatable bonds is 7. The summed E-state index contributed by atoms with van der Waals surface area (Å²) >= 11 is 0. The van der Waals surface area contributed by atoms with E-state index < -0.39 is 9.84 Å². The summed E-state index contributed by atoms with van der Waals surface area (Å²) in [7, 11) is -1.12. The molecule has 0 bridgehead atoms. The van der Waals surface area contributed by atoms with E-state index in [1.165, 1.54) is 38.4 Å². The molecule has 0 aliphatic heterocycles. The van der Waals surface area contributed by atoms with Gasteiger partial charge in [0.05, 0.1) is 5.75 Å². The number of nitrogens with one attached hydrogen (secondary N) is 2. The Morgan fingerprint density at radius 1 is 1.21 bits per heavy atom. The summed E-state index contributed by atoms with van der Waals surface area (Å²) in [6.07, 6.45) is 8.23. The van der Waals surface area contributed by atoms with Crippen molar-refractivity contribution in [2.75, 3.05) is 25.6 Å². The second kappa shape index (κ2) is 10.8. The van der Waals surface area contributed by atoms with Crippen LogP contribution >= 0.6 is 24.0 Å². The van der Waals surface area contributed by atoms with Crippen LogP contribution < -0.4 is 10.6 Å². The summed E-state index contributed by atoms with van der Waals surface area (Å²) in [6, 6.07) is 0.503. The van der Waals surface area contributed by atoms with Crippen LogP contribution in [0.2, 0.25) is 0 Å². The average molecular weight is 473 g/mol. The van der Waals surface area contributed by atoms with Crippen LogP contribution in [0.25, 0.3) is 0 Å². The lowest BCUT2D eigenvalue weighted by Gasteiger charge is -2.31. The van der Waals surface area contributed by atoms with Crippen molar-refractivity contribution >= 4 is 39.8 Å². The van der Waals surface area contributed by atoms with E-state index in [0.717, 1.165) is 11.9 Å². The first-order valence-electron chi connectivity index (χ1n) is 8.80. The molecule has 0 aromatic carbocycles. The van der Waals surface area contributed by atoms with E-state index >= 15 is 0 Å². The van der Waals surface area contributed by atoms with Crippen LogP contribution in [0.4, 0.5) is 0 Å². The molecule has 1 saturated carbocycles. The normalized spacial score (nSPS) is 22.6. The fourth-order valence-electron chi connectivity index (χ4n) is 2.98. The Labute approximate surface area is 165 Å². The summed E-state index contributed by atoms with van der Waals surface area (Å²) in [5.74, 6) is 1.95. The number of nitrogens with zero attached hydrogens (tertiary/aromatic N) is 1. The van der Waals surface area contributed by atoms with Crippen LogP contribution in [-0.4, -0.2) is 46.0 Å². The molecule has 0 unspecified atom stereocenters. The maximum atomic E-state index is 11.3. The molecule has 1 fully saturated rings. The summed E-state index contributed by atoms with van der Waals surface area (Å²) in [5, 5.41) is 6.88. The van der Waals surface area contributed by atoms with E-state index in [0.29, 0.717) is 19.0 Å². The Morgan fingerprint density at radius 2 is 1.79 bits per heavy atom. The quantitative estimate of drug-likeness (QED) is 0.339. The van der Waals surface area contributed by atoms with Gasteiger partial charge >= 0.3 is 0 Å². The molecule has 0 aromatic heterocycles. The molecule has 7 heteroatoms. The van der Waals surface area contributed by atoms with Gasteiger partial charge in [-0.05, 0) is 43.4 Å². The standard InChI is InChI=1S/C17H35N3O2S.HI/c1-6-14-7-9-15(10-8-14)20-16(18-4)19-13-17(2,3)11-12-23(5,21)22;/h14-15H,6-13H2,1-5H3,(H2,18,19,20);1H. The Bertz CT molecular complexity index is 484. The molecule has 2 N–H and O–H groups in total. The summed E-state index contributed by atoms with van der Waals surface area (Å²) in [6.45, 7) is 7.17. The first kappa shape index (κ1) is 23.9. The van der Waals surface area contributed by atoms with Gasteiger partial charge in [0.15, 0.2) is 5.96 Å². The van der Waals surface area contributed by atoms with Gasteiger partial charge in [0, 0.05) is 25.9 Å². The molecule has 1 aliphatic rings. The monoisotopic (exact) mass is 473 g/mol. The smallest absolute Gasteiger partial charge is 0.191 e. The van der Waals surface area contributed by atoms with E-state index in [9.17, 15) is 8.42 Å². The Kier molecular flexibility index (Phi) is 10.8. The minimum atomic E-state index is -2.91.